The lowest BCUT2D eigenvalue weighted by atomic mass is 10.1. The van der Waals surface area contributed by atoms with Crippen molar-refractivity contribution in [3.8, 4) is 23.6 Å². The first-order valence-corrected chi connectivity index (χ1v) is 9.76. The highest BCUT2D eigenvalue weighted by molar-refractivity contribution is 7.46. The molecule has 0 saturated heterocycles. The quantitative estimate of drug-likeness (QED) is 0.655. The highest BCUT2D eigenvalue weighted by Crippen LogP contribution is 2.36. The van der Waals surface area contributed by atoms with Crippen LogP contribution in [0.4, 0.5) is 0 Å². The Hall–Kier alpha value is -2.68. The molecule has 2 aromatic rings. The molecule has 10 heteroatoms. The molecule has 0 amide bonds. The molecule has 0 unspecified atom stereocenters. The van der Waals surface area contributed by atoms with Crippen molar-refractivity contribution in [1.29, 1.82) is 10.5 Å². The minimum absolute atomic E-state index is 0.145. The van der Waals surface area contributed by atoms with Gasteiger partial charge in [-0.25, -0.2) is 4.57 Å². The summed E-state index contributed by atoms with van der Waals surface area (Å²) in [6.45, 7) is 3.74. The second kappa shape index (κ2) is 8.81. The summed E-state index contributed by atoms with van der Waals surface area (Å²) < 4.78 is 22.9. The van der Waals surface area contributed by atoms with Gasteiger partial charge < -0.3 is 14.5 Å². The number of hydrogen-bond acceptors (Lipinski definition) is 6. The van der Waals surface area contributed by atoms with Crippen LogP contribution in [0, 0.1) is 22.7 Å². The van der Waals surface area contributed by atoms with E-state index in [0.29, 0.717) is 41.2 Å². The van der Waals surface area contributed by atoms with Crippen LogP contribution in [0.25, 0.3) is 0 Å². The molecule has 1 aromatic carbocycles. The monoisotopic (exact) mass is 390 g/mol. The van der Waals surface area contributed by atoms with E-state index in [9.17, 15) is 4.57 Å². The number of nitrogens with zero attached hydrogens (tertiary/aromatic N) is 4. The molecule has 142 valence electrons. The fourth-order valence-corrected chi connectivity index (χ4v) is 2.88. The maximum atomic E-state index is 10.8. The Morgan fingerprint density at radius 1 is 1.15 bits per heavy atom. The van der Waals surface area contributed by atoms with Crippen molar-refractivity contribution in [2.24, 2.45) is 0 Å². The van der Waals surface area contributed by atoms with E-state index < -0.39 is 7.82 Å². The van der Waals surface area contributed by atoms with Crippen LogP contribution in [0.3, 0.4) is 0 Å². The van der Waals surface area contributed by atoms with Crippen LogP contribution in [0.1, 0.15) is 36.4 Å². The fraction of sp³-hybridized carbons (Fsp3) is 0.353. The van der Waals surface area contributed by atoms with Crippen molar-refractivity contribution < 1.29 is 23.6 Å². The number of hydrogen-bond donors (Lipinski definition) is 2. The first-order chi connectivity index (χ1) is 12.8. The molecule has 0 bridgehead atoms. The number of phosphoric acid groups is 1. The van der Waals surface area contributed by atoms with E-state index in [1.54, 1.807) is 4.68 Å². The van der Waals surface area contributed by atoms with Gasteiger partial charge in [-0.3, -0.25) is 9.21 Å². The van der Waals surface area contributed by atoms with Gasteiger partial charge in [0.15, 0.2) is 5.75 Å². The number of nitriles is 2. The molecule has 0 fully saturated rings. The third-order valence-corrected chi connectivity index (χ3v) is 4.21. The van der Waals surface area contributed by atoms with Gasteiger partial charge in [-0.05, 0) is 31.0 Å². The molecule has 0 spiro atoms. The van der Waals surface area contributed by atoms with Gasteiger partial charge in [-0.2, -0.15) is 15.6 Å². The smallest absolute Gasteiger partial charge is 0.453 e. The molecule has 1 heterocycles. The van der Waals surface area contributed by atoms with Gasteiger partial charge in [-0.15, -0.1) is 0 Å². The Morgan fingerprint density at radius 2 is 1.78 bits per heavy atom. The molecular formula is C17H19N4O5P. The number of rotatable bonds is 8. The molecule has 0 aliphatic heterocycles. The van der Waals surface area contributed by atoms with Crippen LogP contribution in [0.2, 0.25) is 0 Å². The second-order valence-corrected chi connectivity index (χ2v) is 6.79. The van der Waals surface area contributed by atoms with Crippen molar-refractivity contribution in [3.63, 3.8) is 0 Å². The highest BCUT2D eigenvalue weighted by Gasteiger charge is 2.20. The second-order valence-electron chi connectivity index (χ2n) is 5.55. The Bertz CT molecular complexity index is 919. The Kier molecular flexibility index (Phi) is 6.73. The molecule has 27 heavy (non-hydrogen) atoms. The van der Waals surface area contributed by atoms with Crippen LogP contribution < -0.4 is 4.74 Å². The number of phosphoric ester groups is 1. The van der Waals surface area contributed by atoms with E-state index in [0.717, 1.165) is 5.69 Å². The fourth-order valence-electron chi connectivity index (χ4n) is 2.56. The van der Waals surface area contributed by atoms with Crippen LogP contribution in [0.15, 0.2) is 18.2 Å². The number of aromatic nitrogens is 2. The average Bonchev–Trinajstić information content (AvgIpc) is 2.96. The summed E-state index contributed by atoms with van der Waals surface area (Å²) >= 11 is 0. The molecule has 0 radical (unpaired) electrons. The highest BCUT2D eigenvalue weighted by atomic mass is 31.2. The predicted molar refractivity (Wildman–Crippen MR) is 94.9 cm³/mol. The zero-order valence-electron chi connectivity index (χ0n) is 14.9. The molecule has 0 aliphatic carbocycles. The van der Waals surface area contributed by atoms with Crippen LogP contribution in [-0.4, -0.2) is 26.2 Å². The van der Waals surface area contributed by atoms with E-state index in [-0.39, 0.29) is 13.2 Å². The molecule has 2 N–H and O–H groups in total. The number of ether oxygens (including phenoxy) is 1. The lowest BCUT2D eigenvalue weighted by molar-refractivity contribution is 0.187. The summed E-state index contributed by atoms with van der Waals surface area (Å²) in [5.41, 5.74) is 2.00. The topological polar surface area (TPSA) is 141 Å². The summed E-state index contributed by atoms with van der Waals surface area (Å²) in [6.07, 6.45) is 1.12. The molecule has 9 nitrogen and oxygen atoms in total. The van der Waals surface area contributed by atoms with Gasteiger partial charge in [0.2, 0.25) is 0 Å². The minimum atomic E-state index is -4.54. The zero-order chi connectivity index (χ0) is 20.0. The van der Waals surface area contributed by atoms with E-state index >= 15 is 0 Å². The van der Waals surface area contributed by atoms with Crippen LogP contribution >= 0.6 is 7.82 Å². The number of aryl methyl sites for hydroxylation is 1. The Labute approximate surface area is 156 Å². The number of benzene rings is 1. The Morgan fingerprint density at radius 3 is 2.26 bits per heavy atom. The van der Waals surface area contributed by atoms with Crippen molar-refractivity contribution in [2.45, 2.75) is 33.2 Å². The summed E-state index contributed by atoms with van der Waals surface area (Å²) in [7, 11) is -4.54. The third kappa shape index (κ3) is 5.40. The lowest BCUT2D eigenvalue weighted by Crippen LogP contribution is -2.10. The largest absolute Gasteiger partial charge is 0.469 e. The first-order valence-electron chi connectivity index (χ1n) is 8.23. The molecule has 1 aromatic heterocycles. The predicted octanol–water partition coefficient (Wildman–Crippen LogP) is 2.65. The van der Waals surface area contributed by atoms with Crippen LogP contribution in [-0.2, 0) is 28.5 Å². The summed E-state index contributed by atoms with van der Waals surface area (Å²) in [4.78, 5) is 17.6. The molecule has 0 aliphatic rings. The summed E-state index contributed by atoms with van der Waals surface area (Å²) in [6, 6.07) is 8.52. The van der Waals surface area contributed by atoms with Crippen molar-refractivity contribution in [2.75, 3.05) is 6.61 Å². The van der Waals surface area contributed by atoms with E-state index in [1.165, 1.54) is 18.2 Å². The van der Waals surface area contributed by atoms with Crippen LogP contribution in [0.5, 0.6) is 11.5 Å². The minimum Gasteiger partial charge on any atom is -0.453 e. The SMILES string of the molecule is CCc1nn(CCOP(=O)(O)O)c(CC)c1Oc1cc(C#N)cc(C#N)c1. The molecule has 2 rings (SSSR count). The Balaban J connectivity index is 2.35. The average molecular weight is 390 g/mol. The van der Waals surface area contributed by atoms with E-state index in [4.69, 9.17) is 25.0 Å². The lowest BCUT2D eigenvalue weighted by Gasteiger charge is -2.10. The maximum absolute atomic E-state index is 10.8. The standard InChI is InChI=1S/C17H19N4O5P/c1-3-15-17(26-14-8-12(10-18)7-13(9-14)11-19)16(4-2)21(20-15)5-6-25-27(22,23)24/h7-9H,3-6H2,1-2H3,(H2,22,23,24). The van der Waals surface area contributed by atoms with Gasteiger partial charge in [-0.1, -0.05) is 13.8 Å². The molecular weight excluding hydrogens is 371 g/mol. The molecule has 0 atom stereocenters. The van der Waals surface area contributed by atoms with E-state index in [2.05, 4.69) is 9.62 Å². The van der Waals surface area contributed by atoms with Crippen molar-refractivity contribution in [3.05, 3.63) is 40.7 Å². The van der Waals surface area contributed by atoms with Gasteiger partial charge in [0, 0.05) is 0 Å². The van der Waals surface area contributed by atoms with Gasteiger partial charge in [0.1, 0.15) is 11.4 Å². The van der Waals surface area contributed by atoms with E-state index in [1.807, 2.05) is 26.0 Å². The van der Waals surface area contributed by atoms with Crippen molar-refractivity contribution >= 4 is 7.82 Å². The third-order valence-electron chi connectivity index (χ3n) is 3.69. The van der Waals surface area contributed by atoms with Gasteiger partial charge in [0.25, 0.3) is 0 Å². The maximum Gasteiger partial charge on any atom is 0.469 e. The zero-order valence-corrected chi connectivity index (χ0v) is 15.8. The first kappa shape index (κ1) is 20.6. The van der Waals surface area contributed by atoms with Gasteiger partial charge in [0.05, 0.1) is 42.1 Å². The summed E-state index contributed by atoms with van der Waals surface area (Å²) in [5.74, 6) is 0.858. The van der Waals surface area contributed by atoms with Crippen molar-refractivity contribution in [1.82, 2.24) is 9.78 Å². The molecule has 0 saturated carbocycles. The van der Waals surface area contributed by atoms with Gasteiger partial charge >= 0.3 is 7.82 Å². The normalized spacial score (nSPS) is 11.0. The summed E-state index contributed by atoms with van der Waals surface area (Å²) in [5, 5.41) is 22.6.